The Balaban J connectivity index is 4.24. The molecule has 2 atom stereocenters. The molecule has 2 unspecified atom stereocenters. The Morgan fingerprint density at radius 2 is 1.59 bits per heavy atom. The molecule has 0 aromatic carbocycles. The number of ether oxygens (including phenoxy) is 1. The fourth-order valence-electron chi connectivity index (χ4n) is 2.02. The summed E-state index contributed by atoms with van der Waals surface area (Å²) in [6, 6.07) is 0.218. The second kappa shape index (κ2) is 6.72. The van der Waals surface area contributed by atoms with Gasteiger partial charge in [-0.3, -0.25) is 0 Å². The molecule has 0 amide bonds. The lowest BCUT2D eigenvalue weighted by Crippen LogP contribution is -2.45. The van der Waals surface area contributed by atoms with Crippen LogP contribution in [0, 0.1) is 5.92 Å². The third-order valence-electron chi connectivity index (χ3n) is 3.50. The van der Waals surface area contributed by atoms with Crippen molar-refractivity contribution in [2.24, 2.45) is 17.4 Å². The highest BCUT2D eigenvalue weighted by Gasteiger charge is 2.28. The van der Waals surface area contributed by atoms with Gasteiger partial charge in [-0.25, -0.2) is 0 Å². The van der Waals surface area contributed by atoms with E-state index >= 15 is 0 Å². The summed E-state index contributed by atoms with van der Waals surface area (Å²) in [5.74, 6) is 0.389. The van der Waals surface area contributed by atoms with Gasteiger partial charge in [0.15, 0.2) is 0 Å². The van der Waals surface area contributed by atoms with E-state index < -0.39 is 0 Å². The Morgan fingerprint density at radius 3 is 1.94 bits per heavy atom. The smallest absolute Gasteiger partial charge is 0.0641 e. The summed E-state index contributed by atoms with van der Waals surface area (Å²) >= 11 is 0. The minimum atomic E-state index is -0.183. The standard InChI is InChI=1S/C14H32N2O/c1-7-11(14(5,6)16)10-17-13(3,4)9-12(15)8-2/h11-12H,7-10,15-16H2,1-6H3. The van der Waals surface area contributed by atoms with E-state index in [-0.39, 0.29) is 17.2 Å². The first kappa shape index (κ1) is 16.9. The molecule has 3 nitrogen and oxygen atoms in total. The number of nitrogens with two attached hydrogens (primary N) is 2. The highest BCUT2D eigenvalue weighted by atomic mass is 16.5. The predicted molar refractivity (Wildman–Crippen MR) is 75.0 cm³/mol. The van der Waals surface area contributed by atoms with Crippen molar-refractivity contribution in [3.63, 3.8) is 0 Å². The Kier molecular flexibility index (Phi) is 6.67. The van der Waals surface area contributed by atoms with Gasteiger partial charge < -0.3 is 16.2 Å². The van der Waals surface area contributed by atoms with E-state index in [0.717, 1.165) is 19.3 Å². The van der Waals surface area contributed by atoms with Crippen molar-refractivity contribution >= 4 is 0 Å². The minimum Gasteiger partial charge on any atom is -0.375 e. The normalized spacial score (nSPS) is 16.9. The molecule has 0 aliphatic carbocycles. The summed E-state index contributed by atoms with van der Waals surface area (Å²) in [4.78, 5) is 0. The summed E-state index contributed by atoms with van der Waals surface area (Å²) < 4.78 is 6.02. The van der Waals surface area contributed by atoms with Crippen molar-refractivity contribution in [2.75, 3.05) is 6.61 Å². The van der Waals surface area contributed by atoms with E-state index in [1.165, 1.54) is 0 Å². The molecule has 0 spiro atoms. The van der Waals surface area contributed by atoms with Gasteiger partial charge in [-0.15, -0.1) is 0 Å². The highest BCUT2D eigenvalue weighted by Crippen LogP contribution is 2.23. The molecule has 0 radical (unpaired) electrons. The molecule has 0 heterocycles. The second-order valence-electron chi connectivity index (χ2n) is 6.37. The van der Waals surface area contributed by atoms with Gasteiger partial charge in [0.25, 0.3) is 0 Å². The fourth-order valence-corrected chi connectivity index (χ4v) is 2.02. The van der Waals surface area contributed by atoms with E-state index in [2.05, 4.69) is 41.5 Å². The molecule has 17 heavy (non-hydrogen) atoms. The van der Waals surface area contributed by atoms with Crippen LogP contribution in [0.15, 0.2) is 0 Å². The van der Waals surface area contributed by atoms with Crippen LogP contribution < -0.4 is 11.5 Å². The third-order valence-corrected chi connectivity index (χ3v) is 3.50. The first-order valence-corrected chi connectivity index (χ1v) is 6.80. The van der Waals surface area contributed by atoms with Crippen molar-refractivity contribution < 1.29 is 4.74 Å². The second-order valence-corrected chi connectivity index (χ2v) is 6.37. The Morgan fingerprint density at radius 1 is 1.06 bits per heavy atom. The van der Waals surface area contributed by atoms with Crippen LogP contribution in [0.4, 0.5) is 0 Å². The molecule has 104 valence electrons. The maximum absolute atomic E-state index is 6.14. The van der Waals surface area contributed by atoms with Crippen LogP contribution in [0.2, 0.25) is 0 Å². The van der Waals surface area contributed by atoms with E-state index in [4.69, 9.17) is 16.2 Å². The summed E-state index contributed by atoms with van der Waals surface area (Å²) in [5.41, 5.74) is 11.8. The highest BCUT2D eigenvalue weighted by molar-refractivity contribution is 4.83. The average Bonchev–Trinajstić information content (AvgIpc) is 2.15. The lowest BCUT2D eigenvalue weighted by atomic mass is 9.87. The quantitative estimate of drug-likeness (QED) is 0.690. The summed E-state index contributed by atoms with van der Waals surface area (Å²) in [7, 11) is 0. The SMILES string of the molecule is CCC(N)CC(C)(C)OCC(CC)C(C)(C)N. The molecule has 0 saturated carbocycles. The van der Waals surface area contributed by atoms with Crippen LogP contribution in [-0.2, 0) is 4.74 Å². The zero-order valence-electron chi connectivity index (χ0n) is 12.5. The number of hydrogen-bond acceptors (Lipinski definition) is 3. The predicted octanol–water partition coefficient (Wildman–Crippen LogP) is 2.67. The Labute approximate surface area is 107 Å². The van der Waals surface area contributed by atoms with Crippen LogP contribution in [0.1, 0.15) is 60.8 Å². The first-order chi connectivity index (χ1) is 7.62. The van der Waals surface area contributed by atoms with Gasteiger partial charge >= 0.3 is 0 Å². The fraction of sp³-hybridized carbons (Fsp3) is 1.00. The summed E-state index contributed by atoms with van der Waals surface area (Å²) in [6.45, 7) is 13.3. The van der Waals surface area contributed by atoms with Crippen LogP contribution in [0.25, 0.3) is 0 Å². The molecule has 0 aromatic rings. The largest absolute Gasteiger partial charge is 0.375 e. The molecule has 0 rings (SSSR count). The molecule has 0 aliphatic rings. The van der Waals surface area contributed by atoms with Crippen molar-refractivity contribution in [1.29, 1.82) is 0 Å². The monoisotopic (exact) mass is 244 g/mol. The van der Waals surface area contributed by atoms with Gasteiger partial charge in [0, 0.05) is 11.6 Å². The van der Waals surface area contributed by atoms with E-state index in [1.54, 1.807) is 0 Å². The van der Waals surface area contributed by atoms with Gasteiger partial charge in [0.2, 0.25) is 0 Å². The maximum Gasteiger partial charge on any atom is 0.0641 e. The van der Waals surface area contributed by atoms with E-state index in [0.29, 0.717) is 12.5 Å². The lowest BCUT2D eigenvalue weighted by molar-refractivity contribution is -0.0538. The van der Waals surface area contributed by atoms with Gasteiger partial charge in [-0.1, -0.05) is 13.8 Å². The minimum absolute atomic E-state index is 0.159. The van der Waals surface area contributed by atoms with Crippen molar-refractivity contribution in [3.05, 3.63) is 0 Å². The van der Waals surface area contributed by atoms with Crippen LogP contribution in [-0.4, -0.2) is 23.8 Å². The molecular weight excluding hydrogens is 212 g/mol. The number of hydrogen-bond donors (Lipinski definition) is 2. The Hall–Kier alpha value is -0.120. The topological polar surface area (TPSA) is 61.3 Å². The van der Waals surface area contributed by atoms with Crippen molar-refractivity contribution in [3.8, 4) is 0 Å². The van der Waals surface area contributed by atoms with Gasteiger partial charge in [-0.2, -0.15) is 0 Å². The maximum atomic E-state index is 6.14. The molecule has 0 saturated heterocycles. The van der Waals surface area contributed by atoms with Gasteiger partial charge in [0.1, 0.15) is 0 Å². The lowest BCUT2D eigenvalue weighted by Gasteiger charge is -2.34. The van der Waals surface area contributed by atoms with Crippen LogP contribution >= 0.6 is 0 Å². The zero-order valence-corrected chi connectivity index (χ0v) is 12.5. The number of rotatable bonds is 8. The zero-order chi connectivity index (χ0) is 13.7. The molecule has 4 N–H and O–H groups in total. The summed E-state index contributed by atoms with van der Waals surface area (Å²) in [5, 5.41) is 0. The third kappa shape index (κ3) is 7.02. The molecule has 0 fully saturated rings. The van der Waals surface area contributed by atoms with Crippen LogP contribution in [0.3, 0.4) is 0 Å². The van der Waals surface area contributed by atoms with Gasteiger partial charge in [-0.05, 0) is 52.9 Å². The molecule has 0 bridgehead atoms. The molecule has 0 aromatic heterocycles. The van der Waals surface area contributed by atoms with Crippen LogP contribution in [0.5, 0.6) is 0 Å². The summed E-state index contributed by atoms with van der Waals surface area (Å²) in [6.07, 6.45) is 2.93. The van der Waals surface area contributed by atoms with E-state index in [1.807, 2.05) is 0 Å². The van der Waals surface area contributed by atoms with Gasteiger partial charge in [0.05, 0.1) is 12.2 Å². The van der Waals surface area contributed by atoms with Crippen molar-refractivity contribution in [1.82, 2.24) is 0 Å². The molecular formula is C14H32N2O. The van der Waals surface area contributed by atoms with Crippen molar-refractivity contribution in [2.45, 2.75) is 78.0 Å². The average molecular weight is 244 g/mol. The first-order valence-electron chi connectivity index (χ1n) is 6.80. The molecule has 3 heteroatoms. The Bertz CT molecular complexity index is 209. The van der Waals surface area contributed by atoms with E-state index in [9.17, 15) is 0 Å². The molecule has 0 aliphatic heterocycles.